The number of fused-ring (bicyclic) bond motifs is 1. The van der Waals surface area contributed by atoms with Crippen molar-refractivity contribution in [3.05, 3.63) is 80.6 Å². The fraction of sp³-hybridized carbons (Fsp3) is 0.467. The number of hydrogen-bond donors (Lipinski definition) is 0. The molecule has 36 heavy (non-hydrogen) atoms. The van der Waals surface area contributed by atoms with Crippen molar-refractivity contribution < 1.29 is 23.8 Å². The van der Waals surface area contributed by atoms with Crippen molar-refractivity contribution in [2.24, 2.45) is 5.92 Å². The SMILES string of the molecule is CC(C)=CCC/C(C)=C/[C@@H]1CC(C)=C[C@]2(C=C(COC(=O)c3cccs3)C3CC(=O)C(C)=C[C@H]3O2)O1. The van der Waals surface area contributed by atoms with Gasteiger partial charge in [-0.05, 0) is 94.7 Å². The number of carbonyl (C=O) groups excluding carboxylic acids is 2. The lowest BCUT2D eigenvalue weighted by molar-refractivity contribution is -0.224. The number of ether oxygens (including phenoxy) is 3. The normalized spacial score (nSPS) is 28.1. The van der Waals surface area contributed by atoms with Crippen molar-refractivity contribution >= 4 is 23.1 Å². The van der Waals surface area contributed by atoms with Gasteiger partial charge in [0.1, 0.15) is 11.5 Å². The van der Waals surface area contributed by atoms with E-state index < -0.39 is 5.79 Å². The second kappa shape index (κ2) is 11.2. The number of hydrogen-bond acceptors (Lipinski definition) is 6. The summed E-state index contributed by atoms with van der Waals surface area (Å²) in [4.78, 5) is 25.6. The maximum atomic E-state index is 12.5. The molecular formula is C30H36O5S. The van der Waals surface area contributed by atoms with Crippen LogP contribution in [0.15, 0.2) is 75.8 Å². The van der Waals surface area contributed by atoms with Crippen LogP contribution in [-0.4, -0.2) is 36.4 Å². The van der Waals surface area contributed by atoms with Crippen LogP contribution in [0.2, 0.25) is 0 Å². The van der Waals surface area contributed by atoms with Crippen LogP contribution < -0.4 is 0 Å². The summed E-state index contributed by atoms with van der Waals surface area (Å²) in [6, 6.07) is 3.57. The standard InChI is InChI=1S/C30H36O5S/c1-19(2)8-6-9-20(3)12-24-13-21(4)16-30(34-24)17-23(18-33-29(32)28-10-7-11-36-28)25-15-26(31)22(5)14-27(25)35-30/h7-8,10-12,14,16-17,24-25,27H,6,9,13,15,18H2,1-5H3/b20-12+/t24-,25?,27-,30+/m1/s1. The van der Waals surface area contributed by atoms with E-state index in [9.17, 15) is 9.59 Å². The molecule has 2 aliphatic heterocycles. The predicted molar refractivity (Wildman–Crippen MR) is 143 cm³/mol. The van der Waals surface area contributed by atoms with E-state index >= 15 is 0 Å². The Kier molecular flexibility index (Phi) is 8.28. The van der Waals surface area contributed by atoms with Gasteiger partial charge in [0.25, 0.3) is 0 Å². The summed E-state index contributed by atoms with van der Waals surface area (Å²) in [5.74, 6) is -1.51. The van der Waals surface area contributed by atoms with Gasteiger partial charge in [0.05, 0.1) is 12.2 Å². The molecule has 0 N–H and O–H groups in total. The third kappa shape index (κ3) is 6.41. The van der Waals surface area contributed by atoms with Crippen molar-refractivity contribution in [3.63, 3.8) is 0 Å². The van der Waals surface area contributed by atoms with E-state index in [1.807, 2.05) is 36.6 Å². The number of rotatable bonds is 7. The minimum absolute atomic E-state index is 0.0929. The molecule has 4 atom stereocenters. The molecule has 1 aliphatic carbocycles. The number of thiophene rings is 1. The van der Waals surface area contributed by atoms with Gasteiger partial charge >= 0.3 is 5.97 Å². The quantitative estimate of drug-likeness (QED) is 0.296. The van der Waals surface area contributed by atoms with Gasteiger partial charge in [0.15, 0.2) is 5.78 Å². The number of allylic oxidation sites excluding steroid dienone is 4. The molecule has 0 radical (unpaired) electrons. The van der Waals surface area contributed by atoms with Crippen molar-refractivity contribution in [2.45, 2.75) is 78.3 Å². The molecule has 0 bridgehead atoms. The molecule has 0 aromatic carbocycles. The number of ketones is 1. The molecule has 4 rings (SSSR count). The van der Waals surface area contributed by atoms with E-state index in [1.54, 1.807) is 6.07 Å². The fourth-order valence-electron chi connectivity index (χ4n) is 5.02. The molecule has 6 heteroatoms. The Morgan fingerprint density at radius 2 is 2.00 bits per heavy atom. The second-order valence-corrected chi connectivity index (χ2v) is 11.3. The van der Waals surface area contributed by atoms with Gasteiger partial charge in [-0.25, -0.2) is 4.79 Å². The minimum Gasteiger partial charge on any atom is -0.457 e. The zero-order valence-corrected chi connectivity index (χ0v) is 22.7. The average Bonchev–Trinajstić information content (AvgIpc) is 3.33. The van der Waals surface area contributed by atoms with Crippen LogP contribution in [-0.2, 0) is 19.0 Å². The van der Waals surface area contributed by atoms with Crippen LogP contribution in [0.3, 0.4) is 0 Å². The van der Waals surface area contributed by atoms with Crippen molar-refractivity contribution in [2.75, 3.05) is 6.61 Å². The number of carbonyl (C=O) groups is 2. The summed E-state index contributed by atoms with van der Waals surface area (Å²) in [6.45, 7) is 10.4. The molecule has 3 heterocycles. The molecule has 1 unspecified atom stereocenters. The highest BCUT2D eigenvalue weighted by Crippen LogP contribution is 2.42. The van der Waals surface area contributed by atoms with Gasteiger partial charge in [-0.15, -0.1) is 11.3 Å². The maximum Gasteiger partial charge on any atom is 0.348 e. The predicted octanol–water partition coefficient (Wildman–Crippen LogP) is 6.89. The fourth-order valence-corrected chi connectivity index (χ4v) is 5.63. The number of Topliss-reactive ketones (excluding diaryl/α,β-unsaturated/α-hetero) is 1. The first kappa shape index (κ1) is 26.5. The molecule has 0 amide bonds. The van der Waals surface area contributed by atoms with E-state index in [4.69, 9.17) is 14.2 Å². The highest BCUT2D eigenvalue weighted by atomic mass is 32.1. The lowest BCUT2D eigenvalue weighted by Gasteiger charge is -2.45. The van der Waals surface area contributed by atoms with Crippen LogP contribution in [0.25, 0.3) is 0 Å². The first-order chi connectivity index (χ1) is 17.1. The Hall–Kier alpha value is -2.54. The molecule has 0 fully saturated rings. The van der Waals surface area contributed by atoms with Crippen LogP contribution in [0.4, 0.5) is 0 Å². The first-order valence-electron chi connectivity index (χ1n) is 12.6. The summed E-state index contributed by atoms with van der Waals surface area (Å²) in [5, 5.41) is 1.85. The zero-order chi connectivity index (χ0) is 25.9. The molecule has 5 nitrogen and oxygen atoms in total. The maximum absolute atomic E-state index is 12.5. The topological polar surface area (TPSA) is 61.8 Å². The van der Waals surface area contributed by atoms with Gasteiger partial charge in [0, 0.05) is 12.3 Å². The molecular weight excluding hydrogens is 472 g/mol. The Labute approximate surface area is 218 Å². The summed E-state index contributed by atoms with van der Waals surface area (Å²) in [6.07, 6.45) is 13.0. The van der Waals surface area contributed by atoms with Gasteiger partial charge in [-0.3, -0.25) is 4.79 Å². The molecule has 3 aliphatic rings. The molecule has 1 aromatic heterocycles. The smallest absolute Gasteiger partial charge is 0.348 e. The third-order valence-corrected chi connectivity index (χ3v) is 7.65. The van der Waals surface area contributed by atoms with Crippen LogP contribution in [0, 0.1) is 5.92 Å². The molecule has 0 saturated carbocycles. The lowest BCUT2D eigenvalue weighted by atomic mass is 9.79. The third-order valence-electron chi connectivity index (χ3n) is 6.80. The van der Waals surface area contributed by atoms with Gasteiger partial charge < -0.3 is 14.2 Å². The Morgan fingerprint density at radius 1 is 1.19 bits per heavy atom. The first-order valence-corrected chi connectivity index (χ1v) is 13.5. The van der Waals surface area contributed by atoms with Gasteiger partial charge in [-0.1, -0.05) is 34.9 Å². The van der Waals surface area contributed by atoms with E-state index in [2.05, 4.69) is 39.8 Å². The zero-order valence-electron chi connectivity index (χ0n) is 21.8. The van der Waals surface area contributed by atoms with E-state index in [0.29, 0.717) is 16.9 Å². The summed E-state index contributed by atoms with van der Waals surface area (Å²) in [7, 11) is 0. The van der Waals surface area contributed by atoms with Gasteiger partial charge in [0.2, 0.25) is 5.79 Å². The van der Waals surface area contributed by atoms with Crippen molar-refractivity contribution in [3.8, 4) is 0 Å². The largest absolute Gasteiger partial charge is 0.457 e. The van der Waals surface area contributed by atoms with Crippen LogP contribution >= 0.6 is 11.3 Å². The summed E-state index contributed by atoms with van der Waals surface area (Å²) < 4.78 is 18.8. The summed E-state index contributed by atoms with van der Waals surface area (Å²) >= 11 is 1.35. The Bertz CT molecular complexity index is 1150. The van der Waals surface area contributed by atoms with Gasteiger partial charge in [-0.2, -0.15) is 0 Å². The second-order valence-electron chi connectivity index (χ2n) is 10.3. The van der Waals surface area contributed by atoms with Crippen LogP contribution in [0.5, 0.6) is 0 Å². The number of esters is 1. The summed E-state index contributed by atoms with van der Waals surface area (Å²) in [5.41, 5.74) is 5.35. The molecule has 1 aromatic rings. The Balaban J connectivity index is 1.59. The molecule has 0 saturated heterocycles. The minimum atomic E-state index is -1.06. The lowest BCUT2D eigenvalue weighted by Crippen LogP contribution is -2.49. The highest BCUT2D eigenvalue weighted by Gasteiger charge is 2.45. The van der Waals surface area contributed by atoms with E-state index in [-0.39, 0.29) is 36.5 Å². The monoisotopic (exact) mass is 508 g/mol. The molecule has 1 spiro atoms. The van der Waals surface area contributed by atoms with Crippen LogP contribution in [0.1, 0.15) is 70.0 Å². The van der Waals surface area contributed by atoms with E-state index in [1.165, 1.54) is 28.1 Å². The average molecular weight is 509 g/mol. The van der Waals surface area contributed by atoms with Crippen molar-refractivity contribution in [1.82, 2.24) is 0 Å². The Morgan fingerprint density at radius 3 is 2.72 bits per heavy atom. The highest BCUT2D eigenvalue weighted by molar-refractivity contribution is 7.11. The van der Waals surface area contributed by atoms with Crippen molar-refractivity contribution in [1.29, 1.82) is 0 Å². The molecule has 192 valence electrons. The van der Waals surface area contributed by atoms with E-state index in [0.717, 1.165) is 24.8 Å².